The summed E-state index contributed by atoms with van der Waals surface area (Å²) in [4.78, 5) is 6.50. The number of aryl methyl sites for hydroxylation is 1. The highest BCUT2D eigenvalue weighted by molar-refractivity contribution is 5.61. The lowest BCUT2D eigenvalue weighted by Crippen LogP contribution is -2.34. The van der Waals surface area contributed by atoms with Gasteiger partial charge in [-0.3, -0.25) is 0 Å². The van der Waals surface area contributed by atoms with E-state index >= 15 is 0 Å². The molecule has 0 bridgehead atoms. The first-order valence-electron chi connectivity index (χ1n) is 5.91. The SMILES string of the molecule is Cc1cnc(NCC(C)(C)CN(C)C)c(N)c1. The predicted octanol–water partition coefficient (Wildman–Crippen LogP) is 1.97. The molecule has 0 aliphatic rings. The Bertz CT molecular complexity index is 372. The van der Waals surface area contributed by atoms with Gasteiger partial charge in [0.1, 0.15) is 5.82 Å². The maximum absolute atomic E-state index is 5.92. The number of anilines is 2. The van der Waals surface area contributed by atoms with E-state index in [1.165, 1.54) is 0 Å². The van der Waals surface area contributed by atoms with Crippen LogP contribution >= 0.6 is 0 Å². The fourth-order valence-electron chi connectivity index (χ4n) is 1.97. The number of nitrogens with two attached hydrogens (primary N) is 1. The molecular formula is C13H24N4. The Morgan fingerprint density at radius 1 is 1.41 bits per heavy atom. The normalized spacial score (nSPS) is 11.9. The first-order valence-corrected chi connectivity index (χ1v) is 5.91. The zero-order valence-electron chi connectivity index (χ0n) is 11.5. The van der Waals surface area contributed by atoms with Crippen molar-refractivity contribution in [2.75, 3.05) is 38.2 Å². The van der Waals surface area contributed by atoms with Crippen LogP contribution in [-0.4, -0.2) is 37.1 Å². The van der Waals surface area contributed by atoms with E-state index in [2.05, 4.69) is 43.1 Å². The molecule has 0 fully saturated rings. The van der Waals surface area contributed by atoms with Crippen LogP contribution in [0.5, 0.6) is 0 Å². The average molecular weight is 236 g/mol. The van der Waals surface area contributed by atoms with Crippen molar-refractivity contribution in [3.05, 3.63) is 17.8 Å². The smallest absolute Gasteiger partial charge is 0.149 e. The van der Waals surface area contributed by atoms with E-state index in [4.69, 9.17) is 5.73 Å². The second-order valence-corrected chi connectivity index (χ2v) is 5.71. The van der Waals surface area contributed by atoms with Crippen LogP contribution in [0, 0.1) is 12.3 Å². The number of aromatic nitrogens is 1. The van der Waals surface area contributed by atoms with Crippen molar-refractivity contribution in [3.8, 4) is 0 Å². The van der Waals surface area contributed by atoms with Crippen molar-refractivity contribution in [1.29, 1.82) is 0 Å². The minimum absolute atomic E-state index is 0.183. The lowest BCUT2D eigenvalue weighted by Gasteiger charge is -2.28. The Morgan fingerprint density at radius 3 is 2.59 bits per heavy atom. The van der Waals surface area contributed by atoms with Gasteiger partial charge >= 0.3 is 0 Å². The molecule has 0 spiro atoms. The summed E-state index contributed by atoms with van der Waals surface area (Å²) in [5.41, 5.74) is 7.90. The largest absolute Gasteiger partial charge is 0.396 e. The van der Waals surface area contributed by atoms with Gasteiger partial charge in [0.05, 0.1) is 5.69 Å². The first-order chi connectivity index (χ1) is 7.80. The van der Waals surface area contributed by atoms with Crippen molar-refractivity contribution in [2.45, 2.75) is 20.8 Å². The number of nitrogens with one attached hydrogen (secondary N) is 1. The molecule has 1 aromatic heterocycles. The van der Waals surface area contributed by atoms with E-state index in [1.807, 2.05) is 19.2 Å². The van der Waals surface area contributed by atoms with E-state index in [0.717, 1.165) is 24.5 Å². The van der Waals surface area contributed by atoms with Gasteiger partial charge in [-0.2, -0.15) is 0 Å². The lowest BCUT2D eigenvalue weighted by molar-refractivity contribution is 0.254. The van der Waals surface area contributed by atoms with Gasteiger partial charge in [-0.25, -0.2) is 4.98 Å². The highest BCUT2D eigenvalue weighted by Gasteiger charge is 2.19. The van der Waals surface area contributed by atoms with Gasteiger partial charge < -0.3 is 16.0 Å². The van der Waals surface area contributed by atoms with Crippen LogP contribution in [0.3, 0.4) is 0 Å². The summed E-state index contributed by atoms with van der Waals surface area (Å²) in [6.07, 6.45) is 1.83. The Morgan fingerprint density at radius 2 is 2.06 bits per heavy atom. The van der Waals surface area contributed by atoms with Gasteiger partial charge in [0, 0.05) is 19.3 Å². The van der Waals surface area contributed by atoms with Crippen molar-refractivity contribution < 1.29 is 0 Å². The van der Waals surface area contributed by atoms with E-state index in [-0.39, 0.29) is 5.41 Å². The molecule has 1 aromatic rings. The highest BCUT2D eigenvalue weighted by Crippen LogP contribution is 2.20. The minimum Gasteiger partial charge on any atom is -0.396 e. The van der Waals surface area contributed by atoms with Crippen LogP contribution in [0.1, 0.15) is 19.4 Å². The molecule has 0 aliphatic heterocycles. The van der Waals surface area contributed by atoms with Crippen molar-refractivity contribution >= 4 is 11.5 Å². The van der Waals surface area contributed by atoms with E-state index < -0.39 is 0 Å². The Labute approximate surface area is 104 Å². The quantitative estimate of drug-likeness (QED) is 0.820. The van der Waals surface area contributed by atoms with E-state index in [9.17, 15) is 0 Å². The molecule has 0 unspecified atom stereocenters. The molecule has 17 heavy (non-hydrogen) atoms. The van der Waals surface area contributed by atoms with Crippen LogP contribution in [0.2, 0.25) is 0 Å². The molecule has 4 nitrogen and oxygen atoms in total. The van der Waals surface area contributed by atoms with Crippen LogP contribution in [-0.2, 0) is 0 Å². The zero-order chi connectivity index (χ0) is 13.1. The molecule has 0 saturated carbocycles. The van der Waals surface area contributed by atoms with Crippen LogP contribution in [0.15, 0.2) is 12.3 Å². The first kappa shape index (κ1) is 13.8. The lowest BCUT2D eigenvalue weighted by atomic mass is 9.93. The van der Waals surface area contributed by atoms with E-state index in [1.54, 1.807) is 0 Å². The van der Waals surface area contributed by atoms with Gasteiger partial charge in [0.2, 0.25) is 0 Å². The summed E-state index contributed by atoms with van der Waals surface area (Å²) in [6.45, 7) is 8.31. The van der Waals surface area contributed by atoms with Crippen molar-refractivity contribution in [1.82, 2.24) is 9.88 Å². The molecule has 0 radical (unpaired) electrons. The Balaban J connectivity index is 2.61. The number of pyridine rings is 1. The van der Waals surface area contributed by atoms with Crippen molar-refractivity contribution in [2.24, 2.45) is 5.41 Å². The third kappa shape index (κ3) is 4.61. The summed E-state index contributed by atoms with van der Waals surface area (Å²) >= 11 is 0. The van der Waals surface area contributed by atoms with Crippen LogP contribution in [0.25, 0.3) is 0 Å². The van der Waals surface area contributed by atoms with Gasteiger partial charge in [-0.15, -0.1) is 0 Å². The molecule has 0 saturated heterocycles. The van der Waals surface area contributed by atoms with Gasteiger partial charge in [0.25, 0.3) is 0 Å². The maximum atomic E-state index is 5.92. The third-order valence-corrected chi connectivity index (χ3v) is 2.53. The maximum Gasteiger partial charge on any atom is 0.149 e. The number of rotatable bonds is 5. The standard InChI is InChI=1S/C13H24N4/c1-10-6-11(14)12(15-7-10)16-8-13(2,3)9-17(4)5/h6-7H,8-9,14H2,1-5H3,(H,15,16). The highest BCUT2D eigenvalue weighted by atomic mass is 15.1. The van der Waals surface area contributed by atoms with E-state index in [0.29, 0.717) is 5.69 Å². The minimum atomic E-state index is 0.183. The Kier molecular flexibility index (Phi) is 4.34. The number of nitrogens with zero attached hydrogens (tertiary/aromatic N) is 2. The van der Waals surface area contributed by atoms with Gasteiger partial charge in [-0.05, 0) is 38.1 Å². The molecule has 1 heterocycles. The number of nitrogen functional groups attached to an aromatic ring is 1. The average Bonchev–Trinajstić information content (AvgIpc) is 2.14. The topological polar surface area (TPSA) is 54.2 Å². The second kappa shape index (κ2) is 5.36. The van der Waals surface area contributed by atoms with Crippen molar-refractivity contribution in [3.63, 3.8) is 0 Å². The van der Waals surface area contributed by atoms with Crippen LogP contribution in [0.4, 0.5) is 11.5 Å². The summed E-state index contributed by atoms with van der Waals surface area (Å²) in [5, 5.41) is 3.32. The number of hydrogen-bond donors (Lipinski definition) is 2. The fraction of sp³-hybridized carbons (Fsp3) is 0.615. The molecule has 1 rings (SSSR count). The summed E-state index contributed by atoms with van der Waals surface area (Å²) < 4.78 is 0. The van der Waals surface area contributed by atoms with Gasteiger partial charge in [-0.1, -0.05) is 13.8 Å². The summed E-state index contributed by atoms with van der Waals surface area (Å²) in [6, 6.07) is 1.94. The number of hydrogen-bond acceptors (Lipinski definition) is 4. The fourth-order valence-corrected chi connectivity index (χ4v) is 1.97. The summed E-state index contributed by atoms with van der Waals surface area (Å²) in [5.74, 6) is 0.780. The van der Waals surface area contributed by atoms with Gasteiger partial charge in [0.15, 0.2) is 0 Å². The molecule has 0 amide bonds. The monoisotopic (exact) mass is 236 g/mol. The zero-order valence-corrected chi connectivity index (χ0v) is 11.5. The molecule has 0 aromatic carbocycles. The Hall–Kier alpha value is -1.29. The van der Waals surface area contributed by atoms with Crippen LogP contribution < -0.4 is 11.1 Å². The molecule has 4 heteroatoms. The molecule has 0 atom stereocenters. The molecule has 3 N–H and O–H groups in total. The second-order valence-electron chi connectivity index (χ2n) is 5.71. The molecule has 0 aliphatic carbocycles. The summed E-state index contributed by atoms with van der Waals surface area (Å²) in [7, 11) is 4.17. The molecular weight excluding hydrogens is 212 g/mol. The molecule has 96 valence electrons. The predicted molar refractivity (Wildman–Crippen MR) is 74.2 cm³/mol. The third-order valence-electron chi connectivity index (χ3n) is 2.53.